The Balaban J connectivity index is 1.52. The first kappa shape index (κ1) is 18.3. The molecule has 0 radical (unpaired) electrons. The molecule has 2 aromatic carbocycles. The SMILES string of the molecule is CCOc1ccccc1NC(=O)N1CCN(Cc2cccc(C)c2)CC1. The molecule has 5 heteroatoms. The van der Waals surface area contributed by atoms with Crippen LogP contribution in [0.3, 0.4) is 0 Å². The zero-order valence-corrected chi connectivity index (χ0v) is 15.6. The molecule has 0 aromatic heterocycles. The molecule has 5 nitrogen and oxygen atoms in total. The summed E-state index contributed by atoms with van der Waals surface area (Å²) in [6.45, 7) is 8.79. The van der Waals surface area contributed by atoms with Gasteiger partial charge in [0.25, 0.3) is 0 Å². The second-order valence-corrected chi connectivity index (χ2v) is 6.61. The third kappa shape index (κ3) is 4.76. The van der Waals surface area contributed by atoms with Crippen molar-refractivity contribution in [1.29, 1.82) is 0 Å². The van der Waals surface area contributed by atoms with Crippen LogP contribution in [0.2, 0.25) is 0 Å². The monoisotopic (exact) mass is 353 g/mol. The number of para-hydroxylation sites is 2. The molecule has 2 aromatic rings. The number of aryl methyl sites for hydroxylation is 1. The van der Waals surface area contributed by atoms with Crippen LogP contribution in [0.5, 0.6) is 5.75 Å². The van der Waals surface area contributed by atoms with Crippen molar-refractivity contribution in [3.05, 3.63) is 59.7 Å². The summed E-state index contributed by atoms with van der Waals surface area (Å²) in [6.07, 6.45) is 0. The highest BCUT2D eigenvalue weighted by molar-refractivity contribution is 5.91. The van der Waals surface area contributed by atoms with E-state index in [9.17, 15) is 4.79 Å². The van der Waals surface area contributed by atoms with Crippen molar-refractivity contribution in [2.45, 2.75) is 20.4 Å². The lowest BCUT2D eigenvalue weighted by Gasteiger charge is -2.34. The van der Waals surface area contributed by atoms with Crippen LogP contribution >= 0.6 is 0 Å². The van der Waals surface area contributed by atoms with E-state index < -0.39 is 0 Å². The highest BCUT2D eigenvalue weighted by atomic mass is 16.5. The molecule has 0 bridgehead atoms. The molecule has 26 heavy (non-hydrogen) atoms. The Hall–Kier alpha value is -2.53. The number of ether oxygens (including phenoxy) is 1. The topological polar surface area (TPSA) is 44.8 Å². The van der Waals surface area contributed by atoms with Crippen molar-refractivity contribution < 1.29 is 9.53 Å². The molecule has 0 unspecified atom stereocenters. The van der Waals surface area contributed by atoms with Gasteiger partial charge in [0.15, 0.2) is 0 Å². The Morgan fingerprint density at radius 2 is 1.85 bits per heavy atom. The maximum atomic E-state index is 12.6. The van der Waals surface area contributed by atoms with Gasteiger partial charge in [-0.05, 0) is 31.5 Å². The second-order valence-electron chi connectivity index (χ2n) is 6.61. The van der Waals surface area contributed by atoms with Crippen LogP contribution in [0, 0.1) is 6.92 Å². The van der Waals surface area contributed by atoms with Gasteiger partial charge in [-0.2, -0.15) is 0 Å². The molecule has 1 saturated heterocycles. The van der Waals surface area contributed by atoms with E-state index in [-0.39, 0.29) is 6.03 Å². The van der Waals surface area contributed by atoms with E-state index in [1.54, 1.807) is 0 Å². The van der Waals surface area contributed by atoms with Gasteiger partial charge in [-0.25, -0.2) is 4.79 Å². The molecule has 1 fully saturated rings. The number of rotatable bonds is 5. The molecule has 1 N–H and O–H groups in total. The smallest absolute Gasteiger partial charge is 0.322 e. The molecule has 1 aliphatic rings. The van der Waals surface area contributed by atoms with E-state index in [1.807, 2.05) is 36.1 Å². The Morgan fingerprint density at radius 1 is 1.08 bits per heavy atom. The number of piperazine rings is 1. The maximum Gasteiger partial charge on any atom is 0.322 e. The average Bonchev–Trinajstić information content (AvgIpc) is 2.64. The molecule has 0 atom stereocenters. The zero-order valence-electron chi connectivity index (χ0n) is 15.6. The summed E-state index contributed by atoms with van der Waals surface area (Å²) in [6, 6.07) is 16.1. The number of carbonyl (C=O) groups excluding carboxylic acids is 1. The number of nitrogens with one attached hydrogen (secondary N) is 1. The number of amides is 2. The first-order valence-corrected chi connectivity index (χ1v) is 9.21. The number of anilines is 1. The van der Waals surface area contributed by atoms with Crippen LogP contribution in [0.25, 0.3) is 0 Å². The number of benzene rings is 2. The molecule has 1 heterocycles. The van der Waals surface area contributed by atoms with Crippen LogP contribution in [0.15, 0.2) is 48.5 Å². The average molecular weight is 353 g/mol. The largest absolute Gasteiger partial charge is 0.492 e. The van der Waals surface area contributed by atoms with Crippen molar-refractivity contribution in [3.8, 4) is 5.75 Å². The quantitative estimate of drug-likeness (QED) is 0.890. The molecule has 0 saturated carbocycles. The van der Waals surface area contributed by atoms with E-state index in [1.165, 1.54) is 11.1 Å². The number of nitrogens with zero attached hydrogens (tertiary/aromatic N) is 2. The van der Waals surface area contributed by atoms with E-state index in [0.29, 0.717) is 12.4 Å². The van der Waals surface area contributed by atoms with Crippen molar-refractivity contribution in [2.24, 2.45) is 0 Å². The lowest BCUT2D eigenvalue weighted by Crippen LogP contribution is -2.49. The van der Waals surface area contributed by atoms with Gasteiger partial charge in [0.05, 0.1) is 12.3 Å². The molecular formula is C21H27N3O2. The molecule has 2 amide bonds. The van der Waals surface area contributed by atoms with Crippen molar-refractivity contribution in [3.63, 3.8) is 0 Å². The lowest BCUT2D eigenvalue weighted by atomic mass is 10.1. The van der Waals surface area contributed by atoms with Crippen LogP contribution in [-0.4, -0.2) is 48.6 Å². The third-order valence-corrected chi connectivity index (χ3v) is 4.58. The van der Waals surface area contributed by atoms with E-state index in [2.05, 4.69) is 41.4 Å². The van der Waals surface area contributed by atoms with Crippen LogP contribution in [0.4, 0.5) is 10.5 Å². The number of urea groups is 1. The summed E-state index contributed by atoms with van der Waals surface area (Å²) in [7, 11) is 0. The molecule has 0 aliphatic carbocycles. The fraction of sp³-hybridized carbons (Fsp3) is 0.381. The summed E-state index contributed by atoms with van der Waals surface area (Å²) < 4.78 is 5.58. The van der Waals surface area contributed by atoms with Crippen molar-refractivity contribution >= 4 is 11.7 Å². The summed E-state index contributed by atoms with van der Waals surface area (Å²) in [4.78, 5) is 16.8. The van der Waals surface area contributed by atoms with Gasteiger partial charge in [-0.15, -0.1) is 0 Å². The van der Waals surface area contributed by atoms with Gasteiger partial charge in [0.2, 0.25) is 0 Å². The normalized spacial score (nSPS) is 14.9. The first-order valence-electron chi connectivity index (χ1n) is 9.21. The minimum absolute atomic E-state index is 0.0626. The summed E-state index contributed by atoms with van der Waals surface area (Å²) in [5, 5.41) is 2.98. The van der Waals surface area contributed by atoms with Gasteiger partial charge < -0.3 is 15.0 Å². The van der Waals surface area contributed by atoms with Crippen LogP contribution in [-0.2, 0) is 6.54 Å². The van der Waals surface area contributed by atoms with Gasteiger partial charge >= 0.3 is 6.03 Å². The summed E-state index contributed by atoms with van der Waals surface area (Å²) >= 11 is 0. The molecule has 138 valence electrons. The third-order valence-electron chi connectivity index (χ3n) is 4.58. The highest BCUT2D eigenvalue weighted by Crippen LogP contribution is 2.24. The molecule has 0 spiro atoms. The van der Waals surface area contributed by atoms with Crippen LogP contribution in [0.1, 0.15) is 18.1 Å². The Morgan fingerprint density at radius 3 is 2.58 bits per heavy atom. The Bertz CT molecular complexity index is 740. The zero-order chi connectivity index (χ0) is 18.4. The summed E-state index contributed by atoms with van der Waals surface area (Å²) in [5.74, 6) is 0.710. The fourth-order valence-corrected chi connectivity index (χ4v) is 3.22. The number of carbonyl (C=O) groups is 1. The minimum Gasteiger partial charge on any atom is -0.492 e. The molecule has 3 rings (SSSR count). The van der Waals surface area contributed by atoms with Gasteiger partial charge in [-0.1, -0.05) is 42.0 Å². The second kappa shape index (κ2) is 8.72. The predicted molar refractivity (Wildman–Crippen MR) is 105 cm³/mol. The maximum absolute atomic E-state index is 12.6. The molecule has 1 aliphatic heterocycles. The number of hydrogen-bond acceptors (Lipinski definition) is 3. The predicted octanol–water partition coefficient (Wildman–Crippen LogP) is 3.74. The van der Waals surface area contributed by atoms with Crippen LogP contribution < -0.4 is 10.1 Å². The Kier molecular flexibility index (Phi) is 6.12. The van der Waals surface area contributed by atoms with Gasteiger partial charge in [-0.3, -0.25) is 4.90 Å². The van der Waals surface area contributed by atoms with E-state index in [0.717, 1.165) is 38.4 Å². The Labute approximate surface area is 155 Å². The lowest BCUT2D eigenvalue weighted by molar-refractivity contribution is 0.143. The minimum atomic E-state index is -0.0626. The van der Waals surface area contributed by atoms with E-state index in [4.69, 9.17) is 4.74 Å². The van der Waals surface area contributed by atoms with Gasteiger partial charge in [0.1, 0.15) is 5.75 Å². The standard InChI is InChI=1S/C21H27N3O2/c1-3-26-20-10-5-4-9-19(20)22-21(25)24-13-11-23(12-14-24)16-18-8-6-7-17(2)15-18/h4-10,15H,3,11-14,16H2,1-2H3,(H,22,25). The fourth-order valence-electron chi connectivity index (χ4n) is 3.22. The first-order chi connectivity index (χ1) is 12.7. The summed E-state index contributed by atoms with van der Waals surface area (Å²) in [5.41, 5.74) is 3.34. The number of hydrogen-bond donors (Lipinski definition) is 1. The van der Waals surface area contributed by atoms with Crippen molar-refractivity contribution in [2.75, 3.05) is 38.1 Å². The van der Waals surface area contributed by atoms with Crippen molar-refractivity contribution in [1.82, 2.24) is 9.80 Å². The molecular weight excluding hydrogens is 326 g/mol. The highest BCUT2D eigenvalue weighted by Gasteiger charge is 2.21. The van der Waals surface area contributed by atoms with E-state index >= 15 is 0 Å². The van der Waals surface area contributed by atoms with Gasteiger partial charge in [0, 0.05) is 32.7 Å².